The van der Waals surface area contributed by atoms with E-state index in [-0.39, 0.29) is 5.91 Å². The average Bonchev–Trinajstić information content (AvgIpc) is 2.28. The first-order valence-corrected chi connectivity index (χ1v) is 6.16. The van der Waals surface area contributed by atoms with Crippen LogP contribution in [0.5, 0.6) is 0 Å². The third-order valence-electron chi connectivity index (χ3n) is 2.13. The molecule has 0 atom stereocenters. The third kappa shape index (κ3) is 4.51. The van der Waals surface area contributed by atoms with Gasteiger partial charge in [-0.3, -0.25) is 4.79 Å². The van der Waals surface area contributed by atoms with E-state index in [4.69, 9.17) is 11.6 Å². The number of nitrogens with one attached hydrogen (secondary N) is 2. The molecule has 1 rings (SSSR count). The molecule has 16 heavy (non-hydrogen) atoms. The zero-order valence-corrected chi connectivity index (χ0v) is 11.4. The Hall–Kier alpha value is -0.580. The fraction of sp³-hybridized carbons (Fsp3) is 0.364. The Bertz CT molecular complexity index is 371. The monoisotopic (exact) mass is 304 g/mol. The molecule has 1 aromatic rings. The summed E-state index contributed by atoms with van der Waals surface area (Å²) in [6.07, 6.45) is 0.481. The molecule has 0 radical (unpaired) electrons. The van der Waals surface area contributed by atoms with Crippen LogP contribution in [-0.2, 0) is 11.3 Å². The maximum absolute atomic E-state index is 11.0. The molecule has 1 amide bonds. The molecule has 0 spiro atoms. The van der Waals surface area contributed by atoms with Gasteiger partial charge in [-0.1, -0.05) is 27.5 Å². The summed E-state index contributed by atoms with van der Waals surface area (Å²) < 4.78 is 1.02. The average molecular weight is 306 g/mol. The summed E-state index contributed by atoms with van der Waals surface area (Å²) in [6, 6.07) is 5.65. The molecule has 0 aliphatic rings. The molecule has 0 aliphatic heterocycles. The molecule has 0 heterocycles. The van der Waals surface area contributed by atoms with Crippen LogP contribution >= 0.6 is 27.5 Å². The number of carbonyl (C=O) groups is 1. The van der Waals surface area contributed by atoms with Gasteiger partial charge in [0.25, 0.3) is 0 Å². The Morgan fingerprint density at radius 3 is 2.94 bits per heavy atom. The van der Waals surface area contributed by atoms with Gasteiger partial charge in [0.05, 0.1) is 0 Å². The second-order valence-electron chi connectivity index (χ2n) is 3.34. The third-order valence-corrected chi connectivity index (χ3v) is 3.14. The van der Waals surface area contributed by atoms with Gasteiger partial charge in [0.1, 0.15) is 0 Å². The summed E-state index contributed by atoms with van der Waals surface area (Å²) in [5.41, 5.74) is 1.09. The van der Waals surface area contributed by atoms with Gasteiger partial charge in [0.15, 0.2) is 0 Å². The van der Waals surface area contributed by atoms with Gasteiger partial charge in [0, 0.05) is 36.1 Å². The summed E-state index contributed by atoms with van der Waals surface area (Å²) in [5.74, 6) is 0.0395. The van der Waals surface area contributed by atoms with Crippen molar-refractivity contribution in [3.8, 4) is 0 Å². The second-order valence-corrected chi connectivity index (χ2v) is 4.63. The quantitative estimate of drug-likeness (QED) is 0.820. The predicted molar refractivity (Wildman–Crippen MR) is 69.5 cm³/mol. The molecule has 2 N–H and O–H groups in total. The summed E-state index contributed by atoms with van der Waals surface area (Å²) in [7, 11) is 1.63. The standard InChI is InChI=1S/C11H14BrClN2O/c1-14-11(16)4-5-15-7-8-6-9(13)2-3-10(8)12/h2-3,6,15H,4-5,7H2,1H3,(H,14,16). The highest BCUT2D eigenvalue weighted by atomic mass is 79.9. The number of amides is 1. The van der Waals surface area contributed by atoms with Crippen LogP contribution in [0.1, 0.15) is 12.0 Å². The van der Waals surface area contributed by atoms with Crippen molar-refractivity contribution < 1.29 is 4.79 Å². The van der Waals surface area contributed by atoms with Gasteiger partial charge in [-0.25, -0.2) is 0 Å². The molecule has 0 aromatic heterocycles. The van der Waals surface area contributed by atoms with E-state index in [1.165, 1.54) is 0 Å². The molecule has 0 unspecified atom stereocenters. The number of carbonyl (C=O) groups excluding carboxylic acids is 1. The van der Waals surface area contributed by atoms with E-state index in [1.807, 2.05) is 18.2 Å². The smallest absolute Gasteiger partial charge is 0.221 e. The fourth-order valence-corrected chi connectivity index (χ4v) is 1.81. The van der Waals surface area contributed by atoms with E-state index >= 15 is 0 Å². The van der Waals surface area contributed by atoms with E-state index in [0.29, 0.717) is 24.5 Å². The molecule has 3 nitrogen and oxygen atoms in total. The minimum absolute atomic E-state index is 0.0395. The predicted octanol–water partition coefficient (Wildman–Crippen LogP) is 2.33. The zero-order valence-electron chi connectivity index (χ0n) is 9.02. The Morgan fingerprint density at radius 2 is 2.25 bits per heavy atom. The molecule has 5 heteroatoms. The van der Waals surface area contributed by atoms with Crippen LogP contribution in [0.15, 0.2) is 22.7 Å². The van der Waals surface area contributed by atoms with Crippen LogP contribution in [0.25, 0.3) is 0 Å². The van der Waals surface area contributed by atoms with Gasteiger partial charge in [-0.05, 0) is 23.8 Å². The highest BCUT2D eigenvalue weighted by molar-refractivity contribution is 9.10. The first kappa shape index (κ1) is 13.5. The van der Waals surface area contributed by atoms with Crippen molar-refractivity contribution in [3.63, 3.8) is 0 Å². The second kappa shape index (κ2) is 6.89. The van der Waals surface area contributed by atoms with Crippen LogP contribution in [0.3, 0.4) is 0 Å². The Balaban J connectivity index is 2.37. The first-order valence-electron chi connectivity index (χ1n) is 4.98. The van der Waals surface area contributed by atoms with Gasteiger partial charge >= 0.3 is 0 Å². The summed E-state index contributed by atoms with van der Waals surface area (Å²) in [6.45, 7) is 1.34. The van der Waals surface area contributed by atoms with Gasteiger partial charge in [0.2, 0.25) is 5.91 Å². The van der Waals surface area contributed by atoms with Crippen LogP contribution in [-0.4, -0.2) is 19.5 Å². The maximum atomic E-state index is 11.0. The highest BCUT2D eigenvalue weighted by Crippen LogP contribution is 2.20. The lowest BCUT2D eigenvalue weighted by Gasteiger charge is -2.07. The fourth-order valence-electron chi connectivity index (χ4n) is 1.23. The van der Waals surface area contributed by atoms with Crippen molar-refractivity contribution in [1.82, 2.24) is 10.6 Å². The van der Waals surface area contributed by atoms with Crippen LogP contribution in [0.2, 0.25) is 5.02 Å². The van der Waals surface area contributed by atoms with E-state index in [2.05, 4.69) is 26.6 Å². The summed E-state index contributed by atoms with van der Waals surface area (Å²) in [5, 5.41) is 6.47. The maximum Gasteiger partial charge on any atom is 0.221 e. The summed E-state index contributed by atoms with van der Waals surface area (Å²) in [4.78, 5) is 11.0. The number of hydrogen-bond acceptors (Lipinski definition) is 2. The van der Waals surface area contributed by atoms with Gasteiger partial charge in [-0.2, -0.15) is 0 Å². The molecule has 0 bridgehead atoms. The van der Waals surface area contributed by atoms with E-state index in [0.717, 1.165) is 10.0 Å². The van der Waals surface area contributed by atoms with Gasteiger partial charge in [-0.15, -0.1) is 0 Å². The van der Waals surface area contributed by atoms with Crippen molar-refractivity contribution in [1.29, 1.82) is 0 Å². The minimum atomic E-state index is 0.0395. The summed E-state index contributed by atoms with van der Waals surface area (Å²) >= 11 is 9.34. The van der Waals surface area contributed by atoms with Crippen LogP contribution < -0.4 is 10.6 Å². The van der Waals surface area contributed by atoms with E-state index in [9.17, 15) is 4.79 Å². The topological polar surface area (TPSA) is 41.1 Å². The normalized spacial score (nSPS) is 10.2. The SMILES string of the molecule is CNC(=O)CCNCc1cc(Cl)ccc1Br. The Morgan fingerprint density at radius 1 is 1.50 bits per heavy atom. The van der Waals surface area contributed by atoms with E-state index in [1.54, 1.807) is 7.05 Å². The Labute approximate surface area is 109 Å². The lowest BCUT2D eigenvalue weighted by Crippen LogP contribution is -2.24. The molecule has 1 aromatic carbocycles. The molecular formula is C11H14BrClN2O. The molecule has 88 valence electrons. The molecular weight excluding hydrogens is 291 g/mol. The molecule has 0 saturated heterocycles. The number of hydrogen-bond donors (Lipinski definition) is 2. The lowest BCUT2D eigenvalue weighted by molar-refractivity contribution is -0.120. The number of rotatable bonds is 5. The first-order chi connectivity index (χ1) is 7.63. The lowest BCUT2D eigenvalue weighted by atomic mass is 10.2. The van der Waals surface area contributed by atoms with Crippen molar-refractivity contribution in [2.45, 2.75) is 13.0 Å². The number of halogens is 2. The van der Waals surface area contributed by atoms with Gasteiger partial charge < -0.3 is 10.6 Å². The van der Waals surface area contributed by atoms with Crippen molar-refractivity contribution >= 4 is 33.4 Å². The van der Waals surface area contributed by atoms with Crippen LogP contribution in [0.4, 0.5) is 0 Å². The Kier molecular flexibility index (Phi) is 5.80. The van der Waals surface area contributed by atoms with Crippen LogP contribution in [0, 0.1) is 0 Å². The van der Waals surface area contributed by atoms with Crippen molar-refractivity contribution in [2.75, 3.05) is 13.6 Å². The zero-order chi connectivity index (χ0) is 12.0. The molecule has 0 aliphatic carbocycles. The van der Waals surface area contributed by atoms with Crippen molar-refractivity contribution in [3.05, 3.63) is 33.3 Å². The molecule has 0 saturated carbocycles. The largest absolute Gasteiger partial charge is 0.359 e. The highest BCUT2D eigenvalue weighted by Gasteiger charge is 2.01. The molecule has 0 fully saturated rings. The van der Waals surface area contributed by atoms with Crippen molar-refractivity contribution in [2.24, 2.45) is 0 Å². The number of benzene rings is 1. The minimum Gasteiger partial charge on any atom is -0.359 e. The van der Waals surface area contributed by atoms with E-state index < -0.39 is 0 Å².